The van der Waals surface area contributed by atoms with Crippen LogP contribution in [-0.4, -0.2) is 24.3 Å². The van der Waals surface area contributed by atoms with Crippen LogP contribution in [0.25, 0.3) is 11.1 Å². The topological polar surface area (TPSA) is 72.5 Å². The number of carbonyl (C=O) groups excluding carboxylic acids is 3. The van der Waals surface area contributed by atoms with Gasteiger partial charge in [-0.15, -0.1) is 0 Å². The molecule has 3 rings (SSSR count). The van der Waals surface area contributed by atoms with Crippen LogP contribution in [0.4, 0.5) is 5.69 Å². The molecule has 3 aromatic rings. The van der Waals surface area contributed by atoms with Crippen LogP contribution in [0.2, 0.25) is 5.02 Å². The summed E-state index contributed by atoms with van der Waals surface area (Å²) in [7, 11) is 0. The molecule has 0 heterocycles. The minimum Gasteiger partial charge on any atom is -0.466 e. The van der Waals surface area contributed by atoms with Crippen molar-refractivity contribution in [3.8, 4) is 11.1 Å². The first-order valence-corrected chi connectivity index (χ1v) is 10.7. The third-order valence-electron chi connectivity index (χ3n) is 4.93. The number of carbonyl (C=O) groups is 3. The fourth-order valence-corrected chi connectivity index (χ4v) is 3.41. The van der Waals surface area contributed by atoms with Crippen LogP contribution in [0.1, 0.15) is 30.1 Å². The van der Waals surface area contributed by atoms with Gasteiger partial charge in [0.15, 0.2) is 5.78 Å². The van der Waals surface area contributed by atoms with Gasteiger partial charge in [0.1, 0.15) is 0 Å². The number of hydrogen-bond acceptors (Lipinski definition) is 4. The summed E-state index contributed by atoms with van der Waals surface area (Å²) in [5.74, 6) is -2.03. The summed E-state index contributed by atoms with van der Waals surface area (Å²) < 4.78 is 5.10. The number of rotatable bonds is 9. The molecule has 3 aromatic carbocycles. The Bertz CT molecular complexity index is 1060. The standard InChI is InChI=1S/C26H24ClNO4/c1-2-32-26(31)21(17-25(30)28-23-14-12-22(27)13-15-23)16-24(29)20-10-8-19(9-11-20)18-6-4-3-5-7-18/h3-15,21H,2,16-17H2,1H3,(H,28,30). The molecule has 0 aromatic heterocycles. The van der Waals surface area contributed by atoms with Crippen molar-refractivity contribution in [1.82, 2.24) is 0 Å². The fraction of sp³-hybridized carbons (Fsp3) is 0.192. The average molecular weight is 450 g/mol. The van der Waals surface area contributed by atoms with Crippen molar-refractivity contribution in [2.75, 3.05) is 11.9 Å². The van der Waals surface area contributed by atoms with Crippen molar-refractivity contribution in [3.63, 3.8) is 0 Å². The highest BCUT2D eigenvalue weighted by atomic mass is 35.5. The lowest BCUT2D eigenvalue weighted by Gasteiger charge is -2.15. The molecule has 0 saturated carbocycles. The van der Waals surface area contributed by atoms with Gasteiger partial charge in [0.25, 0.3) is 0 Å². The monoisotopic (exact) mass is 449 g/mol. The van der Waals surface area contributed by atoms with Crippen LogP contribution in [0.3, 0.4) is 0 Å². The van der Waals surface area contributed by atoms with Gasteiger partial charge in [0, 0.05) is 29.1 Å². The molecule has 0 saturated heterocycles. The Hall–Kier alpha value is -3.44. The molecule has 6 heteroatoms. The van der Waals surface area contributed by atoms with E-state index in [1.165, 1.54) is 0 Å². The van der Waals surface area contributed by atoms with E-state index >= 15 is 0 Å². The molecule has 0 bridgehead atoms. The zero-order valence-electron chi connectivity index (χ0n) is 17.7. The van der Waals surface area contributed by atoms with Crippen LogP contribution in [0, 0.1) is 5.92 Å². The predicted octanol–water partition coefficient (Wildman–Crippen LogP) is 5.79. The molecule has 1 N–H and O–H groups in total. The van der Waals surface area contributed by atoms with Gasteiger partial charge >= 0.3 is 5.97 Å². The van der Waals surface area contributed by atoms with Crippen molar-refractivity contribution in [1.29, 1.82) is 0 Å². The Balaban J connectivity index is 1.67. The van der Waals surface area contributed by atoms with Crippen LogP contribution < -0.4 is 5.32 Å². The highest BCUT2D eigenvalue weighted by Gasteiger charge is 2.26. The van der Waals surface area contributed by atoms with Crippen molar-refractivity contribution < 1.29 is 19.1 Å². The van der Waals surface area contributed by atoms with E-state index in [2.05, 4.69) is 5.32 Å². The van der Waals surface area contributed by atoms with E-state index in [1.54, 1.807) is 43.3 Å². The minimum absolute atomic E-state index is 0.114. The SMILES string of the molecule is CCOC(=O)C(CC(=O)Nc1ccc(Cl)cc1)CC(=O)c1ccc(-c2ccccc2)cc1. The number of hydrogen-bond donors (Lipinski definition) is 1. The number of ketones is 1. The van der Waals surface area contributed by atoms with E-state index in [1.807, 2.05) is 42.5 Å². The Kier molecular flexibility index (Phi) is 8.17. The van der Waals surface area contributed by atoms with Crippen molar-refractivity contribution in [2.45, 2.75) is 19.8 Å². The smallest absolute Gasteiger partial charge is 0.309 e. The van der Waals surface area contributed by atoms with Crippen molar-refractivity contribution >= 4 is 34.9 Å². The zero-order valence-corrected chi connectivity index (χ0v) is 18.5. The third-order valence-corrected chi connectivity index (χ3v) is 5.18. The molecule has 0 spiro atoms. The van der Waals surface area contributed by atoms with Crippen LogP contribution in [-0.2, 0) is 14.3 Å². The summed E-state index contributed by atoms with van der Waals surface area (Å²) in [6, 6.07) is 23.7. The molecule has 0 aliphatic carbocycles. The first-order chi connectivity index (χ1) is 15.5. The summed E-state index contributed by atoms with van der Waals surface area (Å²) in [5.41, 5.74) is 3.09. The summed E-state index contributed by atoms with van der Waals surface area (Å²) in [4.78, 5) is 37.7. The number of esters is 1. The Labute approximate surface area is 192 Å². The predicted molar refractivity (Wildman–Crippen MR) is 126 cm³/mol. The molecule has 32 heavy (non-hydrogen) atoms. The number of ether oxygens (including phenoxy) is 1. The molecule has 0 radical (unpaired) electrons. The lowest BCUT2D eigenvalue weighted by Crippen LogP contribution is -2.26. The molecule has 5 nitrogen and oxygen atoms in total. The summed E-state index contributed by atoms with van der Waals surface area (Å²) in [6.07, 6.45) is -0.271. The van der Waals surface area contributed by atoms with Gasteiger partial charge in [0.05, 0.1) is 12.5 Å². The molecule has 164 valence electrons. The maximum absolute atomic E-state index is 12.8. The van der Waals surface area contributed by atoms with E-state index in [4.69, 9.17) is 16.3 Å². The maximum Gasteiger partial charge on any atom is 0.309 e. The number of halogens is 1. The van der Waals surface area contributed by atoms with E-state index < -0.39 is 11.9 Å². The van der Waals surface area contributed by atoms with Crippen LogP contribution in [0.15, 0.2) is 78.9 Å². The fourth-order valence-electron chi connectivity index (χ4n) is 3.29. The van der Waals surface area contributed by atoms with Gasteiger partial charge in [-0.2, -0.15) is 0 Å². The molecule has 0 aliphatic rings. The lowest BCUT2D eigenvalue weighted by atomic mass is 9.94. The van der Waals surface area contributed by atoms with E-state index in [0.717, 1.165) is 11.1 Å². The Morgan fingerprint density at radius 1 is 0.844 bits per heavy atom. The molecule has 1 amide bonds. The highest BCUT2D eigenvalue weighted by Crippen LogP contribution is 2.22. The third kappa shape index (κ3) is 6.53. The number of benzene rings is 3. The molecule has 0 aliphatic heterocycles. The number of amides is 1. The maximum atomic E-state index is 12.8. The highest BCUT2D eigenvalue weighted by molar-refractivity contribution is 6.30. The Morgan fingerprint density at radius 3 is 2.09 bits per heavy atom. The zero-order chi connectivity index (χ0) is 22.9. The van der Waals surface area contributed by atoms with Gasteiger partial charge in [-0.1, -0.05) is 66.2 Å². The number of anilines is 1. The normalized spacial score (nSPS) is 11.4. The first kappa shape index (κ1) is 23.2. The van der Waals surface area contributed by atoms with Crippen molar-refractivity contribution in [2.24, 2.45) is 5.92 Å². The summed E-state index contributed by atoms with van der Waals surface area (Å²) in [6.45, 7) is 1.86. The van der Waals surface area contributed by atoms with Crippen LogP contribution >= 0.6 is 11.6 Å². The second-order valence-electron chi connectivity index (χ2n) is 7.28. The average Bonchev–Trinajstić information content (AvgIpc) is 2.81. The van der Waals surface area contributed by atoms with Gasteiger partial charge in [-0.25, -0.2) is 0 Å². The second-order valence-corrected chi connectivity index (χ2v) is 7.72. The van der Waals surface area contributed by atoms with Gasteiger partial charge in [-0.3, -0.25) is 14.4 Å². The molecule has 1 atom stereocenters. The van der Waals surface area contributed by atoms with Crippen LogP contribution in [0.5, 0.6) is 0 Å². The molecule has 0 fully saturated rings. The summed E-state index contributed by atoms with van der Waals surface area (Å²) in [5, 5.41) is 3.27. The second kappa shape index (κ2) is 11.3. The minimum atomic E-state index is -0.872. The van der Waals surface area contributed by atoms with E-state index in [0.29, 0.717) is 16.3 Å². The first-order valence-electron chi connectivity index (χ1n) is 10.4. The van der Waals surface area contributed by atoms with Gasteiger partial charge in [-0.05, 0) is 42.3 Å². The van der Waals surface area contributed by atoms with Gasteiger partial charge < -0.3 is 10.1 Å². The van der Waals surface area contributed by atoms with Crippen molar-refractivity contribution in [3.05, 3.63) is 89.4 Å². The largest absolute Gasteiger partial charge is 0.466 e. The summed E-state index contributed by atoms with van der Waals surface area (Å²) >= 11 is 5.86. The quantitative estimate of drug-likeness (QED) is 0.331. The van der Waals surface area contributed by atoms with E-state index in [-0.39, 0.29) is 31.1 Å². The molecule has 1 unspecified atom stereocenters. The number of Topliss-reactive ketones (excluding diaryl/α,β-unsaturated/α-hetero) is 1. The molecular formula is C26H24ClNO4. The van der Waals surface area contributed by atoms with Gasteiger partial charge in [0.2, 0.25) is 5.91 Å². The Morgan fingerprint density at radius 2 is 1.47 bits per heavy atom. The molecular weight excluding hydrogens is 426 g/mol. The lowest BCUT2D eigenvalue weighted by molar-refractivity contribution is -0.149. The number of nitrogens with one attached hydrogen (secondary N) is 1. The van der Waals surface area contributed by atoms with E-state index in [9.17, 15) is 14.4 Å².